The molecule has 0 radical (unpaired) electrons. The van der Waals surface area contributed by atoms with Crippen LogP contribution in [0.25, 0.3) is 0 Å². The maximum atomic E-state index is 11.5. The van der Waals surface area contributed by atoms with Crippen LogP contribution in [0.2, 0.25) is 0 Å². The minimum atomic E-state index is -4.46. The van der Waals surface area contributed by atoms with E-state index in [4.69, 9.17) is 13.8 Å². The first-order valence-corrected chi connectivity index (χ1v) is 12.1. The molecule has 1 unspecified atom stereocenters. The van der Waals surface area contributed by atoms with Crippen LogP contribution in [0.1, 0.15) is 96.3 Å². The molecule has 0 rings (SSSR count). The van der Waals surface area contributed by atoms with Crippen LogP contribution in [0, 0.1) is 0 Å². The lowest BCUT2D eigenvalue weighted by atomic mass is 10.0. The Morgan fingerprint density at radius 1 is 0.793 bits per heavy atom. The van der Waals surface area contributed by atoms with E-state index < -0.39 is 22.5 Å². The molecule has 9 heteroatoms. The molecule has 0 aliphatic heterocycles. The number of nitrogens with zero attached hydrogens (tertiary/aromatic N) is 1. The lowest BCUT2D eigenvalue weighted by molar-refractivity contribution is -0.137. The Bertz CT molecular complexity index is 549. The molecule has 29 heavy (non-hydrogen) atoms. The molecule has 1 atom stereocenters. The third-order valence-corrected chi connectivity index (χ3v) is 5.36. The number of carboxylic acids is 1. The summed E-state index contributed by atoms with van der Waals surface area (Å²) in [6, 6.07) is 0. The molecular weight excluding hydrogens is 398 g/mol. The summed E-state index contributed by atoms with van der Waals surface area (Å²) in [4.78, 5) is 23.5. The first-order chi connectivity index (χ1) is 13.6. The number of hydrogen-bond acceptors (Lipinski definition) is 5. The topological polar surface area (TPSA) is 121 Å². The number of amides is 1. The van der Waals surface area contributed by atoms with Gasteiger partial charge < -0.3 is 10.0 Å². The highest BCUT2D eigenvalue weighted by Crippen LogP contribution is 2.18. The molecule has 0 aromatic rings. The highest BCUT2D eigenvalue weighted by Gasteiger charge is 2.16. The highest BCUT2D eigenvalue weighted by atomic mass is 32.3. The first kappa shape index (κ1) is 27.8. The van der Waals surface area contributed by atoms with Crippen LogP contribution in [0.4, 0.5) is 0 Å². The van der Waals surface area contributed by atoms with E-state index in [0.29, 0.717) is 25.7 Å². The van der Waals surface area contributed by atoms with Gasteiger partial charge in [-0.3, -0.25) is 14.1 Å². The van der Waals surface area contributed by atoms with Crippen molar-refractivity contribution in [2.75, 3.05) is 14.1 Å². The number of hydrogen-bond donors (Lipinski definition) is 2. The van der Waals surface area contributed by atoms with E-state index in [2.05, 4.69) is 0 Å². The van der Waals surface area contributed by atoms with Crippen LogP contribution in [0.15, 0.2) is 0 Å². The Morgan fingerprint density at radius 2 is 1.21 bits per heavy atom. The maximum Gasteiger partial charge on any atom is 0.397 e. The van der Waals surface area contributed by atoms with Crippen molar-refractivity contribution in [2.45, 2.75) is 102 Å². The summed E-state index contributed by atoms with van der Waals surface area (Å²) in [7, 11) is -0.942. The van der Waals surface area contributed by atoms with Crippen molar-refractivity contribution in [3.8, 4) is 0 Å². The minimum absolute atomic E-state index is 0.150. The Morgan fingerprint density at radius 3 is 1.62 bits per heavy atom. The number of carboxylic acid groups (broad SMARTS) is 1. The van der Waals surface area contributed by atoms with Crippen LogP contribution in [-0.4, -0.2) is 55.1 Å². The second-order valence-corrected chi connectivity index (χ2v) is 8.84. The zero-order valence-corrected chi connectivity index (χ0v) is 18.8. The van der Waals surface area contributed by atoms with Crippen molar-refractivity contribution in [3.05, 3.63) is 0 Å². The molecule has 0 heterocycles. The number of carbonyl (C=O) groups is 2. The van der Waals surface area contributed by atoms with Crippen molar-refractivity contribution >= 4 is 22.3 Å². The summed E-state index contributed by atoms with van der Waals surface area (Å²) < 4.78 is 35.8. The number of carbonyl (C=O) groups excluding carboxylic acids is 1. The number of aliphatic carboxylic acids is 1. The van der Waals surface area contributed by atoms with Crippen LogP contribution >= 0.6 is 0 Å². The van der Waals surface area contributed by atoms with Crippen molar-refractivity contribution in [3.63, 3.8) is 0 Å². The van der Waals surface area contributed by atoms with Gasteiger partial charge in [0.25, 0.3) is 0 Å². The van der Waals surface area contributed by atoms with Gasteiger partial charge in [0.15, 0.2) is 0 Å². The number of unbranched alkanes of at least 4 members (excludes halogenated alkanes) is 9. The zero-order valence-electron chi connectivity index (χ0n) is 18.0. The van der Waals surface area contributed by atoms with E-state index in [-0.39, 0.29) is 12.3 Å². The van der Waals surface area contributed by atoms with Crippen molar-refractivity contribution in [1.29, 1.82) is 0 Å². The van der Waals surface area contributed by atoms with Crippen molar-refractivity contribution < 1.29 is 31.8 Å². The maximum absolute atomic E-state index is 11.5. The van der Waals surface area contributed by atoms with E-state index in [0.717, 1.165) is 64.2 Å². The van der Waals surface area contributed by atoms with Crippen LogP contribution in [-0.2, 0) is 24.2 Å². The summed E-state index contributed by atoms with van der Waals surface area (Å²) in [5.74, 6) is -0.634. The van der Waals surface area contributed by atoms with Crippen molar-refractivity contribution in [2.24, 2.45) is 0 Å². The van der Waals surface area contributed by atoms with Crippen LogP contribution < -0.4 is 0 Å². The largest absolute Gasteiger partial charge is 0.481 e. The summed E-state index contributed by atoms with van der Waals surface area (Å²) in [5, 5.41) is 8.59. The Hall–Kier alpha value is -1.19. The molecule has 0 aliphatic carbocycles. The fraction of sp³-hybridized carbons (Fsp3) is 0.900. The average molecular weight is 438 g/mol. The van der Waals surface area contributed by atoms with E-state index >= 15 is 0 Å². The highest BCUT2D eigenvalue weighted by molar-refractivity contribution is 7.80. The zero-order chi connectivity index (χ0) is 22.1. The summed E-state index contributed by atoms with van der Waals surface area (Å²) in [5.41, 5.74) is 0. The molecule has 0 saturated heterocycles. The molecule has 8 nitrogen and oxygen atoms in total. The van der Waals surface area contributed by atoms with Gasteiger partial charge in [0.1, 0.15) is 0 Å². The third-order valence-electron chi connectivity index (χ3n) is 4.84. The first-order valence-electron chi connectivity index (χ1n) is 10.7. The fourth-order valence-corrected chi connectivity index (χ4v) is 3.71. The van der Waals surface area contributed by atoms with Gasteiger partial charge in [-0.2, -0.15) is 8.42 Å². The monoisotopic (exact) mass is 437 g/mol. The van der Waals surface area contributed by atoms with Gasteiger partial charge in [0.2, 0.25) is 5.91 Å². The van der Waals surface area contributed by atoms with E-state index in [9.17, 15) is 18.0 Å². The molecule has 0 bridgehead atoms. The van der Waals surface area contributed by atoms with Crippen LogP contribution in [0.3, 0.4) is 0 Å². The quantitative estimate of drug-likeness (QED) is 0.229. The van der Waals surface area contributed by atoms with Crippen LogP contribution in [0.5, 0.6) is 0 Å². The minimum Gasteiger partial charge on any atom is -0.481 e. The smallest absolute Gasteiger partial charge is 0.397 e. The molecule has 172 valence electrons. The van der Waals surface area contributed by atoms with Gasteiger partial charge in [0.05, 0.1) is 6.10 Å². The Kier molecular flexibility index (Phi) is 15.9. The second-order valence-electron chi connectivity index (χ2n) is 7.79. The molecular formula is C20H39NO7S. The SMILES string of the molecule is CN(C)C(=O)CCCCCCCCC(CCCCCCCC(=O)O)OS(=O)(=O)O. The van der Waals surface area contributed by atoms with Gasteiger partial charge in [-0.25, -0.2) is 4.18 Å². The van der Waals surface area contributed by atoms with E-state index in [1.165, 1.54) is 0 Å². The van der Waals surface area contributed by atoms with Gasteiger partial charge in [-0.05, 0) is 25.7 Å². The molecule has 1 amide bonds. The second kappa shape index (κ2) is 16.6. The molecule has 0 spiro atoms. The van der Waals surface area contributed by atoms with E-state index in [1.54, 1.807) is 19.0 Å². The molecule has 2 N–H and O–H groups in total. The lowest BCUT2D eigenvalue weighted by Gasteiger charge is -2.15. The van der Waals surface area contributed by atoms with Gasteiger partial charge >= 0.3 is 16.4 Å². The fourth-order valence-electron chi connectivity index (χ4n) is 3.17. The Labute approximate surface area is 176 Å². The predicted octanol–water partition coefficient (Wildman–Crippen LogP) is 4.20. The summed E-state index contributed by atoms with van der Waals surface area (Å²) in [6.07, 6.45) is 11.2. The van der Waals surface area contributed by atoms with Gasteiger partial charge in [-0.15, -0.1) is 0 Å². The van der Waals surface area contributed by atoms with Gasteiger partial charge in [-0.1, -0.05) is 57.8 Å². The normalized spacial score (nSPS) is 12.7. The summed E-state index contributed by atoms with van der Waals surface area (Å²) in [6.45, 7) is 0. The molecule has 0 aromatic heterocycles. The third kappa shape index (κ3) is 19.9. The standard InChI is InChI=1S/C20H39NO7S/c1-21(2)19(22)16-12-8-4-3-6-10-14-18(28-29(25,26)27)15-11-7-5-9-13-17-20(23)24/h18H,3-17H2,1-2H3,(H,23,24)(H,25,26,27). The predicted molar refractivity (Wildman–Crippen MR) is 112 cm³/mol. The lowest BCUT2D eigenvalue weighted by Crippen LogP contribution is -2.20. The Balaban J connectivity index is 3.87. The molecule has 0 saturated carbocycles. The van der Waals surface area contributed by atoms with Crippen molar-refractivity contribution in [1.82, 2.24) is 4.90 Å². The summed E-state index contributed by atoms with van der Waals surface area (Å²) >= 11 is 0. The molecule has 0 aromatic carbocycles. The molecule has 0 fully saturated rings. The average Bonchev–Trinajstić information content (AvgIpc) is 2.60. The molecule has 0 aliphatic rings. The number of rotatable bonds is 19. The van der Waals surface area contributed by atoms with Gasteiger partial charge in [0, 0.05) is 26.9 Å². The van der Waals surface area contributed by atoms with E-state index in [1.807, 2.05) is 0 Å².